The molecule has 0 bridgehead atoms. The third kappa shape index (κ3) is 3.20. The molecular formula is C16H20N2O2. The van der Waals surface area contributed by atoms with Gasteiger partial charge in [0.25, 0.3) is 0 Å². The number of rotatable bonds is 5. The van der Waals surface area contributed by atoms with Gasteiger partial charge in [0.1, 0.15) is 0 Å². The van der Waals surface area contributed by atoms with E-state index in [4.69, 9.17) is 15.2 Å². The minimum atomic E-state index is 0.409. The van der Waals surface area contributed by atoms with Gasteiger partial charge in [0.2, 0.25) is 5.88 Å². The van der Waals surface area contributed by atoms with E-state index < -0.39 is 0 Å². The lowest BCUT2D eigenvalue weighted by Gasteiger charge is -2.12. The van der Waals surface area contributed by atoms with Crippen LogP contribution in [-0.2, 0) is 6.42 Å². The molecule has 0 atom stereocenters. The Balaban J connectivity index is 2.30. The normalized spacial score (nSPS) is 10.3. The lowest BCUT2D eigenvalue weighted by molar-refractivity contribution is 0.374. The van der Waals surface area contributed by atoms with Gasteiger partial charge in [-0.25, -0.2) is 4.98 Å². The second-order valence-corrected chi connectivity index (χ2v) is 4.68. The van der Waals surface area contributed by atoms with Gasteiger partial charge >= 0.3 is 0 Å². The van der Waals surface area contributed by atoms with E-state index in [2.05, 4.69) is 11.9 Å². The highest BCUT2D eigenvalue weighted by Crippen LogP contribution is 2.34. The number of hydrogen-bond acceptors (Lipinski definition) is 4. The van der Waals surface area contributed by atoms with Gasteiger partial charge in [0.05, 0.1) is 12.8 Å². The summed E-state index contributed by atoms with van der Waals surface area (Å²) in [4.78, 5) is 4.30. The average Bonchev–Trinajstić information content (AvgIpc) is 2.44. The van der Waals surface area contributed by atoms with Crippen LogP contribution in [0.4, 0.5) is 5.69 Å². The summed E-state index contributed by atoms with van der Waals surface area (Å²) in [6.45, 7) is 4.04. The first-order chi connectivity index (χ1) is 9.63. The van der Waals surface area contributed by atoms with Crippen LogP contribution in [0.25, 0.3) is 0 Å². The van der Waals surface area contributed by atoms with Crippen LogP contribution < -0.4 is 15.2 Å². The van der Waals surface area contributed by atoms with E-state index in [1.807, 2.05) is 31.2 Å². The standard InChI is InChI=1S/C16H20N2O2/c1-4-5-12-7-9-14(15(10-12)19-3)20-16-13(17)8-6-11(2)18-16/h6-10H,4-5,17H2,1-3H3. The molecule has 1 heterocycles. The zero-order valence-electron chi connectivity index (χ0n) is 12.1. The van der Waals surface area contributed by atoms with E-state index in [0.29, 0.717) is 23.1 Å². The highest BCUT2D eigenvalue weighted by Gasteiger charge is 2.10. The summed E-state index contributed by atoms with van der Waals surface area (Å²) in [5.74, 6) is 1.72. The number of nitrogens with zero attached hydrogens (tertiary/aromatic N) is 1. The summed E-state index contributed by atoms with van der Waals surface area (Å²) < 4.78 is 11.2. The Kier molecular flexibility index (Phi) is 4.45. The summed E-state index contributed by atoms with van der Waals surface area (Å²) in [7, 11) is 1.63. The minimum absolute atomic E-state index is 0.409. The Labute approximate surface area is 119 Å². The van der Waals surface area contributed by atoms with Crippen molar-refractivity contribution in [2.45, 2.75) is 26.7 Å². The molecule has 0 radical (unpaired) electrons. The fourth-order valence-corrected chi connectivity index (χ4v) is 1.97. The summed E-state index contributed by atoms with van der Waals surface area (Å²) in [6, 6.07) is 9.56. The number of ether oxygens (including phenoxy) is 2. The molecule has 4 nitrogen and oxygen atoms in total. The van der Waals surface area contributed by atoms with Crippen LogP contribution in [0, 0.1) is 6.92 Å². The number of anilines is 1. The fraction of sp³-hybridized carbons (Fsp3) is 0.312. The molecular weight excluding hydrogens is 252 g/mol. The molecule has 1 aromatic heterocycles. The van der Waals surface area contributed by atoms with Gasteiger partial charge in [-0.05, 0) is 43.2 Å². The first-order valence-electron chi connectivity index (χ1n) is 6.72. The van der Waals surface area contributed by atoms with Gasteiger partial charge in [-0.2, -0.15) is 0 Å². The number of benzene rings is 1. The Bertz CT molecular complexity index is 597. The molecule has 106 valence electrons. The summed E-state index contributed by atoms with van der Waals surface area (Å²) >= 11 is 0. The fourth-order valence-electron chi connectivity index (χ4n) is 1.97. The largest absolute Gasteiger partial charge is 0.493 e. The molecule has 4 heteroatoms. The maximum Gasteiger partial charge on any atom is 0.243 e. The van der Waals surface area contributed by atoms with E-state index in [0.717, 1.165) is 18.5 Å². The van der Waals surface area contributed by atoms with Gasteiger partial charge in [-0.3, -0.25) is 0 Å². The van der Waals surface area contributed by atoms with Crippen molar-refractivity contribution in [3.63, 3.8) is 0 Å². The monoisotopic (exact) mass is 272 g/mol. The van der Waals surface area contributed by atoms with Crippen LogP contribution in [0.3, 0.4) is 0 Å². The van der Waals surface area contributed by atoms with Crippen molar-refractivity contribution in [2.75, 3.05) is 12.8 Å². The number of aryl methyl sites for hydroxylation is 2. The van der Waals surface area contributed by atoms with Crippen LogP contribution >= 0.6 is 0 Å². The number of aromatic nitrogens is 1. The molecule has 2 aromatic rings. The molecule has 0 spiro atoms. The summed E-state index contributed by atoms with van der Waals surface area (Å²) in [5.41, 5.74) is 8.47. The first kappa shape index (κ1) is 14.2. The molecule has 0 unspecified atom stereocenters. The third-order valence-corrected chi connectivity index (χ3v) is 3.00. The van der Waals surface area contributed by atoms with Crippen molar-refractivity contribution < 1.29 is 9.47 Å². The van der Waals surface area contributed by atoms with E-state index in [1.54, 1.807) is 13.2 Å². The van der Waals surface area contributed by atoms with Gasteiger partial charge < -0.3 is 15.2 Å². The number of nitrogens with two attached hydrogens (primary N) is 1. The van der Waals surface area contributed by atoms with Crippen molar-refractivity contribution in [1.82, 2.24) is 4.98 Å². The lowest BCUT2D eigenvalue weighted by Crippen LogP contribution is -1.98. The summed E-state index contributed by atoms with van der Waals surface area (Å²) in [5, 5.41) is 0. The molecule has 2 rings (SSSR count). The Morgan fingerprint density at radius 1 is 1.15 bits per heavy atom. The highest BCUT2D eigenvalue weighted by atomic mass is 16.5. The molecule has 0 aliphatic carbocycles. The van der Waals surface area contributed by atoms with Crippen LogP contribution in [0.1, 0.15) is 24.6 Å². The van der Waals surface area contributed by atoms with Crippen LogP contribution in [-0.4, -0.2) is 12.1 Å². The zero-order chi connectivity index (χ0) is 14.5. The number of nitrogen functional groups attached to an aromatic ring is 1. The van der Waals surface area contributed by atoms with Crippen molar-refractivity contribution in [3.8, 4) is 17.4 Å². The molecule has 1 aromatic carbocycles. The maximum atomic E-state index is 5.88. The smallest absolute Gasteiger partial charge is 0.243 e. The predicted octanol–water partition coefficient (Wildman–Crippen LogP) is 3.73. The third-order valence-electron chi connectivity index (χ3n) is 3.00. The first-order valence-corrected chi connectivity index (χ1v) is 6.72. The Morgan fingerprint density at radius 3 is 2.65 bits per heavy atom. The average molecular weight is 272 g/mol. The SMILES string of the molecule is CCCc1ccc(Oc2nc(C)ccc2N)c(OC)c1. The van der Waals surface area contributed by atoms with Crippen molar-refractivity contribution in [3.05, 3.63) is 41.6 Å². The van der Waals surface area contributed by atoms with Crippen LogP contribution in [0.15, 0.2) is 30.3 Å². The molecule has 20 heavy (non-hydrogen) atoms. The number of hydrogen-bond donors (Lipinski definition) is 1. The van der Waals surface area contributed by atoms with Gasteiger partial charge in [0.15, 0.2) is 11.5 Å². The molecule has 0 aliphatic rings. The molecule has 0 aliphatic heterocycles. The highest BCUT2D eigenvalue weighted by molar-refractivity contribution is 5.52. The van der Waals surface area contributed by atoms with Crippen molar-refractivity contribution in [2.24, 2.45) is 0 Å². The number of pyridine rings is 1. The van der Waals surface area contributed by atoms with E-state index in [1.165, 1.54) is 5.56 Å². The second-order valence-electron chi connectivity index (χ2n) is 4.68. The second kappa shape index (κ2) is 6.28. The van der Waals surface area contributed by atoms with E-state index in [-0.39, 0.29) is 0 Å². The van der Waals surface area contributed by atoms with Gasteiger partial charge in [0, 0.05) is 5.69 Å². The molecule has 0 fully saturated rings. The van der Waals surface area contributed by atoms with Crippen LogP contribution in [0.2, 0.25) is 0 Å². The Hall–Kier alpha value is -2.23. The van der Waals surface area contributed by atoms with Crippen LogP contribution in [0.5, 0.6) is 17.4 Å². The van der Waals surface area contributed by atoms with Gasteiger partial charge in [-0.1, -0.05) is 19.4 Å². The quantitative estimate of drug-likeness (QED) is 0.901. The lowest BCUT2D eigenvalue weighted by atomic mass is 10.1. The van der Waals surface area contributed by atoms with Crippen molar-refractivity contribution >= 4 is 5.69 Å². The molecule has 0 amide bonds. The maximum absolute atomic E-state index is 5.88. The topological polar surface area (TPSA) is 57.4 Å². The predicted molar refractivity (Wildman–Crippen MR) is 80.4 cm³/mol. The molecule has 0 saturated carbocycles. The van der Waals surface area contributed by atoms with Gasteiger partial charge in [-0.15, -0.1) is 0 Å². The van der Waals surface area contributed by atoms with E-state index in [9.17, 15) is 0 Å². The minimum Gasteiger partial charge on any atom is -0.493 e. The Morgan fingerprint density at radius 2 is 1.95 bits per heavy atom. The molecule has 0 saturated heterocycles. The zero-order valence-corrected chi connectivity index (χ0v) is 12.1. The number of methoxy groups -OCH3 is 1. The van der Waals surface area contributed by atoms with E-state index >= 15 is 0 Å². The summed E-state index contributed by atoms with van der Waals surface area (Å²) in [6.07, 6.45) is 2.11. The van der Waals surface area contributed by atoms with Crippen molar-refractivity contribution in [1.29, 1.82) is 0 Å². The molecule has 2 N–H and O–H groups in total.